The number of anilines is 1. The zero-order valence-corrected chi connectivity index (χ0v) is 18.3. The zero-order chi connectivity index (χ0) is 23.8. The second-order valence-corrected chi connectivity index (χ2v) is 7.81. The van der Waals surface area contributed by atoms with Crippen LogP contribution in [0, 0.1) is 0 Å². The minimum absolute atomic E-state index is 0.0343. The van der Waals surface area contributed by atoms with Crippen LogP contribution in [-0.2, 0) is 4.79 Å². The SMILES string of the molecule is COc1cnc(C(N)=O)c2[nH]cc(C(=O)C(=O)N3CCN(c4ncnc5ccccc45)CC3)c12. The number of aromatic nitrogens is 4. The number of nitrogens with two attached hydrogens (primary N) is 1. The van der Waals surface area contributed by atoms with Crippen LogP contribution in [0.4, 0.5) is 5.82 Å². The number of nitrogens with one attached hydrogen (secondary N) is 1. The van der Waals surface area contributed by atoms with Crippen molar-refractivity contribution < 1.29 is 19.1 Å². The van der Waals surface area contributed by atoms with Gasteiger partial charge >= 0.3 is 0 Å². The quantitative estimate of drug-likeness (QED) is 0.334. The molecule has 1 aliphatic rings. The van der Waals surface area contributed by atoms with E-state index in [9.17, 15) is 14.4 Å². The van der Waals surface area contributed by atoms with Gasteiger partial charge in [0.2, 0.25) is 0 Å². The molecule has 0 bridgehead atoms. The maximum atomic E-state index is 13.2. The van der Waals surface area contributed by atoms with Gasteiger partial charge in [0, 0.05) is 37.8 Å². The molecule has 3 N–H and O–H groups in total. The number of ether oxygens (including phenoxy) is 1. The molecule has 1 fully saturated rings. The summed E-state index contributed by atoms with van der Waals surface area (Å²) in [7, 11) is 1.42. The fourth-order valence-corrected chi connectivity index (χ4v) is 4.26. The van der Waals surface area contributed by atoms with Crippen LogP contribution in [-0.4, -0.2) is 75.7 Å². The Morgan fingerprint density at radius 1 is 1.06 bits per heavy atom. The number of pyridine rings is 1. The van der Waals surface area contributed by atoms with E-state index in [4.69, 9.17) is 10.5 Å². The molecule has 1 saturated heterocycles. The number of hydrogen-bond acceptors (Lipinski definition) is 8. The third-order valence-corrected chi connectivity index (χ3v) is 5.95. The second-order valence-electron chi connectivity index (χ2n) is 7.81. The summed E-state index contributed by atoms with van der Waals surface area (Å²) in [4.78, 5) is 57.1. The topological polar surface area (TPSA) is 147 Å². The van der Waals surface area contributed by atoms with Gasteiger partial charge in [-0.2, -0.15) is 0 Å². The number of nitrogens with zero attached hydrogens (tertiary/aromatic N) is 5. The standard InChI is InChI=1S/C23H21N7O4/c1-34-16-11-26-19(21(24)32)18-17(16)14(10-25-18)20(31)23(33)30-8-6-29(7-9-30)22-13-4-2-3-5-15(13)27-12-28-22/h2-5,10-12,25H,6-9H2,1H3,(H2,24,32). The predicted molar refractivity (Wildman–Crippen MR) is 124 cm³/mol. The first kappa shape index (κ1) is 21.3. The van der Waals surface area contributed by atoms with E-state index >= 15 is 0 Å². The number of para-hydroxylation sites is 1. The lowest BCUT2D eigenvalue weighted by Crippen LogP contribution is -2.51. The number of methoxy groups -OCH3 is 1. The maximum absolute atomic E-state index is 13.2. The largest absolute Gasteiger partial charge is 0.494 e. The summed E-state index contributed by atoms with van der Waals surface area (Å²) >= 11 is 0. The number of Topliss-reactive ketones (excluding diaryl/α,β-unsaturated/α-hetero) is 1. The van der Waals surface area contributed by atoms with Crippen molar-refractivity contribution in [2.24, 2.45) is 5.73 Å². The Morgan fingerprint density at radius 3 is 2.56 bits per heavy atom. The summed E-state index contributed by atoms with van der Waals surface area (Å²) in [6, 6.07) is 7.74. The normalized spacial score (nSPS) is 13.9. The van der Waals surface area contributed by atoms with Crippen LogP contribution >= 0.6 is 0 Å². The van der Waals surface area contributed by atoms with Crippen LogP contribution < -0.4 is 15.4 Å². The molecule has 11 nitrogen and oxygen atoms in total. The first-order chi connectivity index (χ1) is 16.5. The highest BCUT2D eigenvalue weighted by molar-refractivity contribution is 6.45. The monoisotopic (exact) mass is 459 g/mol. The molecule has 34 heavy (non-hydrogen) atoms. The molecule has 4 aromatic rings. The van der Waals surface area contributed by atoms with Crippen molar-refractivity contribution in [3.63, 3.8) is 0 Å². The van der Waals surface area contributed by atoms with Crippen LogP contribution in [0.1, 0.15) is 20.8 Å². The van der Waals surface area contributed by atoms with Crippen molar-refractivity contribution >= 4 is 45.2 Å². The lowest BCUT2D eigenvalue weighted by Gasteiger charge is -2.35. The van der Waals surface area contributed by atoms with Gasteiger partial charge in [-0.05, 0) is 12.1 Å². The second kappa shape index (κ2) is 8.43. The molecular formula is C23H21N7O4. The molecule has 0 atom stereocenters. The summed E-state index contributed by atoms with van der Waals surface area (Å²) in [5.74, 6) is -1.03. The molecule has 172 valence electrons. The highest BCUT2D eigenvalue weighted by Crippen LogP contribution is 2.30. The Morgan fingerprint density at radius 2 is 1.82 bits per heavy atom. The highest BCUT2D eigenvalue weighted by atomic mass is 16.5. The van der Waals surface area contributed by atoms with Crippen molar-refractivity contribution in [1.82, 2.24) is 24.8 Å². The smallest absolute Gasteiger partial charge is 0.295 e. The van der Waals surface area contributed by atoms with Gasteiger partial charge in [0.1, 0.15) is 17.9 Å². The van der Waals surface area contributed by atoms with Gasteiger partial charge in [0.15, 0.2) is 5.69 Å². The fourth-order valence-electron chi connectivity index (χ4n) is 4.26. The molecule has 0 saturated carbocycles. The van der Waals surface area contributed by atoms with Crippen molar-refractivity contribution in [2.75, 3.05) is 38.2 Å². The maximum Gasteiger partial charge on any atom is 0.295 e. The lowest BCUT2D eigenvalue weighted by atomic mass is 10.1. The van der Waals surface area contributed by atoms with Crippen LogP contribution in [0.25, 0.3) is 21.8 Å². The number of piperazine rings is 1. The lowest BCUT2D eigenvalue weighted by molar-refractivity contribution is -0.126. The number of rotatable bonds is 5. The van der Waals surface area contributed by atoms with Gasteiger partial charge in [-0.3, -0.25) is 14.4 Å². The van der Waals surface area contributed by atoms with Crippen molar-refractivity contribution in [3.8, 4) is 5.75 Å². The van der Waals surface area contributed by atoms with E-state index < -0.39 is 17.6 Å². The number of carbonyl (C=O) groups is 3. The Labute approximate surface area is 193 Å². The third-order valence-electron chi connectivity index (χ3n) is 5.95. The Hall–Kier alpha value is -4.54. The van der Waals surface area contributed by atoms with E-state index in [1.807, 2.05) is 24.3 Å². The van der Waals surface area contributed by atoms with Crippen molar-refractivity contribution in [2.45, 2.75) is 0 Å². The minimum Gasteiger partial charge on any atom is -0.494 e. The number of benzene rings is 1. The molecule has 0 aliphatic carbocycles. The number of aromatic amines is 1. The van der Waals surface area contributed by atoms with Crippen LogP contribution in [0.3, 0.4) is 0 Å². The third kappa shape index (κ3) is 3.47. The minimum atomic E-state index is -0.756. The summed E-state index contributed by atoms with van der Waals surface area (Å²) in [5.41, 5.74) is 6.56. The molecular weight excluding hydrogens is 438 g/mol. The molecule has 11 heteroatoms. The van der Waals surface area contributed by atoms with E-state index in [1.165, 1.54) is 30.7 Å². The highest BCUT2D eigenvalue weighted by Gasteiger charge is 2.31. The first-order valence-electron chi connectivity index (χ1n) is 10.6. The molecule has 0 radical (unpaired) electrons. The number of fused-ring (bicyclic) bond motifs is 2. The molecule has 4 heterocycles. The molecule has 0 unspecified atom stereocenters. The average Bonchev–Trinajstić information content (AvgIpc) is 3.32. The van der Waals surface area contributed by atoms with Gasteiger partial charge < -0.3 is 25.3 Å². The van der Waals surface area contributed by atoms with Crippen LogP contribution in [0.15, 0.2) is 43.0 Å². The van der Waals surface area contributed by atoms with Gasteiger partial charge in [-0.1, -0.05) is 12.1 Å². The van der Waals surface area contributed by atoms with Crippen LogP contribution in [0.2, 0.25) is 0 Å². The van der Waals surface area contributed by atoms with E-state index in [0.29, 0.717) is 31.6 Å². The summed E-state index contributed by atoms with van der Waals surface area (Å²) in [5, 5.41) is 1.24. The van der Waals surface area contributed by atoms with E-state index in [0.717, 1.165) is 16.7 Å². The molecule has 5 rings (SSSR count). The number of amides is 2. The molecule has 3 aromatic heterocycles. The van der Waals surface area contributed by atoms with Crippen molar-refractivity contribution in [3.05, 3.63) is 54.2 Å². The van der Waals surface area contributed by atoms with Gasteiger partial charge in [-0.25, -0.2) is 15.0 Å². The Kier molecular flexibility index (Phi) is 5.28. The Bertz CT molecular complexity index is 1430. The van der Waals surface area contributed by atoms with E-state index in [1.54, 1.807) is 0 Å². The molecule has 1 aliphatic heterocycles. The number of ketones is 1. The fraction of sp³-hybridized carbons (Fsp3) is 0.217. The zero-order valence-electron chi connectivity index (χ0n) is 18.3. The molecule has 1 aromatic carbocycles. The summed E-state index contributed by atoms with van der Waals surface area (Å²) < 4.78 is 5.30. The average molecular weight is 459 g/mol. The number of hydrogen-bond donors (Lipinski definition) is 2. The van der Waals surface area contributed by atoms with E-state index in [2.05, 4.69) is 24.8 Å². The first-order valence-corrected chi connectivity index (χ1v) is 10.6. The molecule has 0 spiro atoms. The van der Waals surface area contributed by atoms with Gasteiger partial charge in [0.25, 0.3) is 17.6 Å². The van der Waals surface area contributed by atoms with Gasteiger partial charge in [-0.15, -0.1) is 0 Å². The van der Waals surface area contributed by atoms with Crippen molar-refractivity contribution in [1.29, 1.82) is 0 Å². The Balaban J connectivity index is 1.37. The summed E-state index contributed by atoms with van der Waals surface area (Å²) in [6.07, 6.45) is 4.21. The predicted octanol–water partition coefficient (Wildman–Crippen LogP) is 1.15. The number of primary amides is 1. The van der Waals surface area contributed by atoms with E-state index in [-0.39, 0.29) is 22.5 Å². The van der Waals surface area contributed by atoms with Crippen LogP contribution in [0.5, 0.6) is 5.75 Å². The number of carbonyl (C=O) groups excluding carboxylic acids is 3. The summed E-state index contributed by atoms with van der Waals surface area (Å²) in [6.45, 7) is 1.76. The molecule has 2 amide bonds. The van der Waals surface area contributed by atoms with Gasteiger partial charge in [0.05, 0.1) is 35.3 Å². The number of H-pyrrole nitrogens is 1.